The van der Waals surface area contributed by atoms with E-state index in [0.29, 0.717) is 18.4 Å². The van der Waals surface area contributed by atoms with Gasteiger partial charge < -0.3 is 15.1 Å². The first-order valence-electron chi connectivity index (χ1n) is 11.6. The van der Waals surface area contributed by atoms with Crippen LogP contribution in [0.25, 0.3) is 11.0 Å². The van der Waals surface area contributed by atoms with Crippen molar-refractivity contribution in [2.75, 3.05) is 11.9 Å². The molecule has 0 radical (unpaired) electrons. The number of urea groups is 1. The molecule has 4 nitrogen and oxygen atoms in total. The molecule has 0 aliphatic heterocycles. The smallest absolute Gasteiger partial charge is 0.319 e. The Balaban J connectivity index is 1.56. The Kier molecular flexibility index (Phi) is 6.08. The minimum atomic E-state index is -0.130. The van der Waals surface area contributed by atoms with E-state index in [1.807, 2.05) is 18.4 Å². The Labute approximate surface area is 185 Å². The number of hydrogen-bond donors (Lipinski definition) is 2. The van der Waals surface area contributed by atoms with Crippen molar-refractivity contribution in [2.45, 2.75) is 70.6 Å². The Hall–Kier alpha value is -2.75. The summed E-state index contributed by atoms with van der Waals surface area (Å²) in [5, 5.41) is 7.57. The molecule has 3 aromatic rings. The molecule has 4 rings (SSSR count). The van der Waals surface area contributed by atoms with Gasteiger partial charge in [0.1, 0.15) is 5.58 Å². The Morgan fingerprint density at radius 1 is 0.968 bits per heavy atom. The zero-order chi connectivity index (χ0) is 22.0. The van der Waals surface area contributed by atoms with Crippen LogP contribution in [0.5, 0.6) is 0 Å². The quantitative estimate of drug-likeness (QED) is 0.441. The molecule has 0 saturated heterocycles. The maximum atomic E-state index is 13.0. The number of amides is 2. The van der Waals surface area contributed by atoms with Gasteiger partial charge in [0.15, 0.2) is 0 Å². The third kappa shape index (κ3) is 4.21. The molecule has 1 heterocycles. The van der Waals surface area contributed by atoms with Gasteiger partial charge >= 0.3 is 6.03 Å². The van der Waals surface area contributed by atoms with Crippen LogP contribution in [0.2, 0.25) is 0 Å². The molecule has 1 saturated carbocycles. The van der Waals surface area contributed by atoms with Crippen LogP contribution in [-0.4, -0.2) is 12.6 Å². The van der Waals surface area contributed by atoms with Gasteiger partial charge in [-0.25, -0.2) is 4.79 Å². The predicted molar refractivity (Wildman–Crippen MR) is 128 cm³/mol. The maximum absolute atomic E-state index is 13.0. The fourth-order valence-corrected chi connectivity index (χ4v) is 5.08. The molecular weight excluding hydrogens is 384 g/mol. The molecule has 0 atom stereocenters. The first-order chi connectivity index (χ1) is 14.9. The third-order valence-corrected chi connectivity index (χ3v) is 6.81. The molecule has 1 aromatic heterocycles. The average Bonchev–Trinajstić information content (AvgIpc) is 3.40. The highest BCUT2D eigenvalue weighted by Gasteiger charge is 2.38. The number of hydrogen-bond acceptors (Lipinski definition) is 2. The lowest BCUT2D eigenvalue weighted by Gasteiger charge is -2.29. The number of furan rings is 1. The Bertz CT molecular complexity index is 1030. The summed E-state index contributed by atoms with van der Waals surface area (Å²) in [6.45, 7) is 9.28. The molecular formula is C27H34N2O2. The molecule has 2 aromatic carbocycles. The van der Waals surface area contributed by atoms with Crippen molar-refractivity contribution in [3.05, 3.63) is 65.4 Å². The highest BCUT2D eigenvalue weighted by atomic mass is 16.3. The summed E-state index contributed by atoms with van der Waals surface area (Å²) in [5.41, 5.74) is 5.39. The summed E-state index contributed by atoms with van der Waals surface area (Å²) in [6.07, 6.45) is 6.39. The predicted octanol–water partition coefficient (Wildman–Crippen LogP) is 7.31. The number of anilines is 1. The lowest BCUT2D eigenvalue weighted by molar-refractivity contribution is 0.248. The van der Waals surface area contributed by atoms with Crippen LogP contribution < -0.4 is 10.6 Å². The molecule has 2 amide bonds. The number of para-hydroxylation sites is 2. The van der Waals surface area contributed by atoms with Gasteiger partial charge in [-0.3, -0.25) is 0 Å². The molecule has 0 bridgehead atoms. The molecule has 0 unspecified atom stereocenters. The number of fused-ring (bicyclic) bond motifs is 1. The van der Waals surface area contributed by atoms with Crippen molar-refractivity contribution in [2.24, 2.45) is 0 Å². The van der Waals surface area contributed by atoms with Crippen LogP contribution in [0, 0.1) is 0 Å². The van der Waals surface area contributed by atoms with Crippen molar-refractivity contribution >= 4 is 22.7 Å². The van der Waals surface area contributed by atoms with Gasteiger partial charge in [-0.1, -0.05) is 76.9 Å². The number of carbonyl (C=O) groups is 1. The topological polar surface area (TPSA) is 54.3 Å². The van der Waals surface area contributed by atoms with Gasteiger partial charge in [0.25, 0.3) is 0 Å². The van der Waals surface area contributed by atoms with Gasteiger partial charge in [-0.15, -0.1) is 0 Å². The minimum absolute atomic E-state index is 0.0671. The van der Waals surface area contributed by atoms with E-state index < -0.39 is 0 Å². The fourth-order valence-electron chi connectivity index (χ4n) is 5.08. The largest absolute Gasteiger partial charge is 0.464 e. The van der Waals surface area contributed by atoms with Gasteiger partial charge in [-0.2, -0.15) is 0 Å². The first kappa shape index (κ1) is 21.5. The van der Waals surface area contributed by atoms with Crippen LogP contribution >= 0.6 is 0 Å². The monoisotopic (exact) mass is 418 g/mol. The summed E-state index contributed by atoms with van der Waals surface area (Å²) < 4.78 is 5.84. The Morgan fingerprint density at radius 3 is 2.26 bits per heavy atom. The van der Waals surface area contributed by atoms with E-state index >= 15 is 0 Å². The van der Waals surface area contributed by atoms with E-state index in [-0.39, 0.29) is 11.4 Å². The fraction of sp³-hybridized carbons (Fsp3) is 0.444. The van der Waals surface area contributed by atoms with E-state index in [1.54, 1.807) is 0 Å². The zero-order valence-electron chi connectivity index (χ0n) is 19.1. The van der Waals surface area contributed by atoms with Crippen molar-refractivity contribution < 1.29 is 9.21 Å². The van der Waals surface area contributed by atoms with E-state index in [0.717, 1.165) is 24.1 Å². The van der Waals surface area contributed by atoms with E-state index in [2.05, 4.69) is 68.7 Å². The van der Waals surface area contributed by atoms with Crippen LogP contribution in [0.15, 0.2) is 53.1 Å². The summed E-state index contributed by atoms with van der Waals surface area (Å²) in [4.78, 5) is 13.0. The summed E-state index contributed by atoms with van der Waals surface area (Å²) in [7, 11) is 0. The lowest BCUT2D eigenvalue weighted by Crippen LogP contribution is -2.41. The molecule has 4 heteroatoms. The number of rotatable bonds is 6. The van der Waals surface area contributed by atoms with Crippen molar-refractivity contribution in [1.82, 2.24) is 5.32 Å². The zero-order valence-corrected chi connectivity index (χ0v) is 19.1. The first-order valence-corrected chi connectivity index (χ1v) is 11.6. The molecule has 1 aliphatic rings. The second kappa shape index (κ2) is 8.78. The van der Waals surface area contributed by atoms with E-state index in [9.17, 15) is 4.79 Å². The van der Waals surface area contributed by atoms with Gasteiger partial charge in [0.05, 0.1) is 6.26 Å². The van der Waals surface area contributed by atoms with Crippen LogP contribution in [0.3, 0.4) is 0 Å². The van der Waals surface area contributed by atoms with Crippen LogP contribution in [0.4, 0.5) is 10.5 Å². The highest BCUT2D eigenvalue weighted by molar-refractivity contribution is 5.91. The summed E-state index contributed by atoms with van der Waals surface area (Å²) in [6, 6.07) is 14.4. The number of nitrogens with one attached hydrogen (secondary N) is 2. The van der Waals surface area contributed by atoms with Crippen LogP contribution in [0.1, 0.15) is 81.9 Å². The van der Waals surface area contributed by atoms with E-state index in [1.165, 1.54) is 34.9 Å². The molecule has 1 fully saturated rings. The SMILES string of the molecule is CC(C)c1cccc(C(C)C)c1NC(=O)NCC1(c2coc3ccccc23)CCCC1. The van der Waals surface area contributed by atoms with Gasteiger partial charge in [0.2, 0.25) is 0 Å². The highest BCUT2D eigenvalue weighted by Crippen LogP contribution is 2.44. The summed E-state index contributed by atoms with van der Waals surface area (Å²) in [5.74, 6) is 0.680. The second-order valence-corrected chi connectivity index (χ2v) is 9.56. The standard InChI is InChI=1S/C27H34N2O2/c1-18(2)20-11-9-12-21(19(3)4)25(20)29-26(30)28-17-27(14-7-8-15-27)23-16-31-24-13-6-5-10-22(23)24/h5-6,9-13,16,18-19H,7-8,14-15,17H2,1-4H3,(H2,28,29,30). The lowest BCUT2D eigenvalue weighted by atomic mass is 9.78. The Morgan fingerprint density at radius 2 is 1.61 bits per heavy atom. The molecule has 0 spiro atoms. The second-order valence-electron chi connectivity index (χ2n) is 9.56. The van der Waals surface area contributed by atoms with Crippen molar-refractivity contribution in [3.63, 3.8) is 0 Å². The van der Waals surface area contributed by atoms with Crippen molar-refractivity contribution in [3.8, 4) is 0 Å². The average molecular weight is 419 g/mol. The molecule has 164 valence electrons. The maximum Gasteiger partial charge on any atom is 0.319 e. The minimum Gasteiger partial charge on any atom is -0.464 e. The number of benzene rings is 2. The molecule has 1 aliphatic carbocycles. The number of carbonyl (C=O) groups excluding carboxylic acids is 1. The van der Waals surface area contributed by atoms with Gasteiger partial charge in [-0.05, 0) is 41.9 Å². The molecule has 2 N–H and O–H groups in total. The van der Waals surface area contributed by atoms with Gasteiger partial charge in [0, 0.05) is 28.6 Å². The molecule has 31 heavy (non-hydrogen) atoms. The van der Waals surface area contributed by atoms with E-state index in [4.69, 9.17) is 4.42 Å². The summed E-state index contributed by atoms with van der Waals surface area (Å²) >= 11 is 0. The normalized spacial score (nSPS) is 15.7. The van der Waals surface area contributed by atoms with Crippen LogP contribution in [-0.2, 0) is 5.41 Å². The third-order valence-electron chi connectivity index (χ3n) is 6.81. The van der Waals surface area contributed by atoms with Crippen molar-refractivity contribution in [1.29, 1.82) is 0 Å².